The summed E-state index contributed by atoms with van der Waals surface area (Å²) in [6.45, 7) is 3.44. The summed E-state index contributed by atoms with van der Waals surface area (Å²) < 4.78 is 8.60. The zero-order valence-electron chi connectivity index (χ0n) is 9.06. The van der Waals surface area contributed by atoms with Crippen LogP contribution in [0.25, 0.3) is 0 Å². The smallest absolute Gasteiger partial charge is 0.119 e. The predicted molar refractivity (Wildman–Crippen MR) is 66.6 cm³/mol. The molecule has 0 bridgehead atoms. The Kier molecular flexibility index (Phi) is 3.62. The van der Waals surface area contributed by atoms with Gasteiger partial charge in [0.25, 0.3) is 0 Å². The SMILES string of the molecule is Cc1ccnn1CCOc1ccc(Br)cc1. The van der Waals surface area contributed by atoms with E-state index in [1.54, 1.807) is 6.20 Å². The number of nitrogens with zero attached hydrogens (tertiary/aromatic N) is 2. The number of aryl methyl sites for hydroxylation is 1. The van der Waals surface area contributed by atoms with E-state index in [0.717, 1.165) is 22.5 Å². The van der Waals surface area contributed by atoms with E-state index in [0.29, 0.717) is 6.61 Å². The number of hydrogen-bond acceptors (Lipinski definition) is 2. The van der Waals surface area contributed by atoms with Crippen LogP contribution in [0.5, 0.6) is 5.75 Å². The van der Waals surface area contributed by atoms with Gasteiger partial charge in [-0.15, -0.1) is 0 Å². The first-order valence-corrected chi connectivity index (χ1v) is 5.92. The molecular formula is C12H13BrN2O. The molecule has 0 N–H and O–H groups in total. The van der Waals surface area contributed by atoms with E-state index in [-0.39, 0.29) is 0 Å². The lowest BCUT2D eigenvalue weighted by atomic mass is 10.3. The molecule has 0 fully saturated rings. The quantitative estimate of drug-likeness (QED) is 0.861. The third-order valence-electron chi connectivity index (χ3n) is 2.31. The number of benzene rings is 1. The molecule has 0 saturated carbocycles. The standard InChI is InChI=1S/C12H13BrN2O/c1-10-6-7-14-15(10)8-9-16-12-4-2-11(13)3-5-12/h2-7H,8-9H2,1H3. The van der Waals surface area contributed by atoms with Crippen LogP contribution in [0.3, 0.4) is 0 Å². The molecule has 0 atom stereocenters. The highest BCUT2D eigenvalue weighted by atomic mass is 79.9. The maximum atomic E-state index is 5.61. The number of rotatable bonds is 4. The normalized spacial score (nSPS) is 10.4. The molecule has 84 valence electrons. The summed E-state index contributed by atoms with van der Waals surface area (Å²) in [7, 11) is 0. The molecule has 0 spiro atoms. The van der Waals surface area contributed by atoms with Crippen molar-refractivity contribution in [3.63, 3.8) is 0 Å². The molecule has 0 radical (unpaired) electrons. The van der Waals surface area contributed by atoms with Gasteiger partial charge in [-0.2, -0.15) is 5.10 Å². The van der Waals surface area contributed by atoms with Crippen molar-refractivity contribution in [1.29, 1.82) is 0 Å². The number of hydrogen-bond donors (Lipinski definition) is 0. The highest BCUT2D eigenvalue weighted by Gasteiger charge is 1.97. The van der Waals surface area contributed by atoms with Gasteiger partial charge in [-0.3, -0.25) is 4.68 Å². The van der Waals surface area contributed by atoms with Crippen molar-refractivity contribution < 1.29 is 4.74 Å². The molecule has 0 aliphatic carbocycles. The van der Waals surface area contributed by atoms with Crippen molar-refractivity contribution in [2.45, 2.75) is 13.5 Å². The van der Waals surface area contributed by atoms with E-state index < -0.39 is 0 Å². The molecule has 1 heterocycles. The van der Waals surface area contributed by atoms with E-state index in [1.807, 2.05) is 41.9 Å². The molecule has 0 aliphatic heterocycles. The summed E-state index contributed by atoms with van der Waals surface area (Å²) in [5, 5.41) is 4.19. The van der Waals surface area contributed by atoms with Crippen molar-refractivity contribution in [3.05, 3.63) is 46.7 Å². The first-order chi connectivity index (χ1) is 7.75. The minimum atomic E-state index is 0.629. The Morgan fingerprint density at radius 1 is 1.25 bits per heavy atom. The van der Waals surface area contributed by atoms with E-state index in [4.69, 9.17) is 4.74 Å². The van der Waals surface area contributed by atoms with Gasteiger partial charge in [-0.1, -0.05) is 15.9 Å². The highest BCUT2D eigenvalue weighted by Crippen LogP contribution is 2.15. The molecule has 0 saturated heterocycles. The molecule has 0 aliphatic rings. The van der Waals surface area contributed by atoms with Crippen LogP contribution in [0, 0.1) is 6.92 Å². The van der Waals surface area contributed by atoms with Crippen LogP contribution in [0.4, 0.5) is 0 Å². The maximum absolute atomic E-state index is 5.61. The zero-order valence-corrected chi connectivity index (χ0v) is 10.6. The van der Waals surface area contributed by atoms with Gasteiger partial charge in [-0.25, -0.2) is 0 Å². The van der Waals surface area contributed by atoms with Gasteiger partial charge in [0.05, 0.1) is 6.54 Å². The molecule has 2 aromatic rings. The van der Waals surface area contributed by atoms with Gasteiger partial charge in [0.1, 0.15) is 12.4 Å². The Hall–Kier alpha value is -1.29. The number of aromatic nitrogens is 2. The van der Waals surface area contributed by atoms with E-state index in [9.17, 15) is 0 Å². The maximum Gasteiger partial charge on any atom is 0.119 e. The van der Waals surface area contributed by atoms with E-state index >= 15 is 0 Å². The predicted octanol–water partition coefficient (Wildman–Crippen LogP) is 3.03. The van der Waals surface area contributed by atoms with Crippen molar-refractivity contribution in [1.82, 2.24) is 9.78 Å². The van der Waals surface area contributed by atoms with Gasteiger partial charge in [0, 0.05) is 16.4 Å². The highest BCUT2D eigenvalue weighted by molar-refractivity contribution is 9.10. The molecule has 16 heavy (non-hydrogen) atoms. The molecular weight excluding hydrogens is 268 g/mol. The second-order valence-corrected chi connectivity index (χ2v) is 4.41. The minimum absolute atomic E-state index is 0.629. The summed E-state index contributed by atoms with van der Waals surface area (Å²) in [5.41, 5.74) is 1.15. The van der Waals surface area contributed by atoms with Crippen LogP contribution in [0.15, 0.2) is 41.0 Å². The molecule has 0 unspecified atom stereocenters. The monoisotopic (exact) mass is 280 g/mol. The van der Waals surface area contributed by atoms with Crippen molar-refractivity contribution in [2.24, 2.45) is 0 Å². The van der Waals surface area contributed by atoms with Crippen molar-refractivity contribution >= 4 is 15.9 Å². The summed E-state index contributed by atoms with van der Waals surface area (Å²) in [4.78, 5) is 0. The first kappa shape index (κ1) is 11.2. The topological polar surface area (TPSA) is 27.1 Å². The second-order valence-electron chi connectivity index (χ2n) is 3.50. The molecule has 1 aromatic carbocycles. The molecule has 3 nitrogen and oxygen atoms in total. The Balaban J connectivity index is 1.84. The minimum Gasteiger partial charge on any atom is -0.492 e. The van der Waals surface area contributed by atoms with Crippen LogP contribution in [0.2, 0.25) is 0 Å². The molecule has 2 rings (SSSR count). The lowest BCUT2D eigenvalue weighted by Crippen LogP contribution is -2.10. The lowest BCUT2D eigenvalue weighted by molar-refractivity contribution is 0.290. The molecule has 1 aromatic heterocycles. The summed E-state index contributed by atoms with van der Waals surface area (Å²) in [6.07, 6.45) is 1.80. The van der Waals surface area contributed by atoms with Gasteiger partial charge < -0.3 is 4.74 Å². The van der Waals surface area contributed by atoms with Gasteiger partial charge in [0.2, 0.25) is 0 Å². The van der Waals surface area contributed by atoms with Crippen LogP contribution in [0.1, 0.15) is 5.69 Å². The second kappa shape index (κ2) is 5.16. The molecule has 0 amide bonds. The summed E-state index contributed by atoms with van der Waals surface area (Å²) >= 11 is 3.38. The van der Waals surface area contributed by atoms with Crippen LogP contribution in [-0.4, -0.2) is 16.4 Å². The van der Waals surface area contributed by atoms with Gasteiger partial charge >= 0.3 is 0 Å². The van der Waals surface area contributed by atoms with Gasteiger partial charge in [0.15, 0.2) is 0 Å². The van der Waals surface area contributed by atoms with E-state index in [1.165, 1.54) is 0 Å². The van der Waals surface area contributed by atoms with Crippen LogP contribution < -0.4 is 4.74 Å². The summed E-state index contributed by atoms with van der Waals surface area (Å²) in [6, 6.07) is 9.81. The fourth-order valence-electron chi connectivity index (χ4n) is 1.41. The Morgan fingerprint density at radius 2 is 2.00 bits per heavy atom. The average molecular weight is 281 g/mol. The third-order valence-corrected chi connectivity index (χ3v) is 2.84. The first-order valence-electron chi connectivity index (χ1n) is 5.12. The van der Waals surface area contributed by atoms with Crippen LogP contribution >= 0.6 is 15.9 Å². The summed E-state index contributed by atoms with van der Waals surface area (Å²) in [5.74, 6) is 0.882. The Bertz CT molecular complexity index is 450. The fourth-order valence-corrected chi connectivity index (χ4v) is 1.68. The zero-order chi connectivity index (χ0) is 11.4. The number of halogens is 1. The number of ether oxygens (including phenoxy) is 1. The fraction of sp³-hybridized carbons (Fsp3) is 0.250. The van der Waals surface area contributed by atoms with Crippen molar-refractivity contribution in [2.75, 3.05) is 6.61 Å². The average Bonchev–Trinajstić information content (AvgIpc) is 2.68. The Labute approximate surface area is 103 Å². The van der Waals surface area contributed by atoms with E-state index in [2.05, 4.69) is 21.0 Å². The van der Waals surface area contributed by atoms with Gasteiger partial charge in [-0.05, 0) is 37.3 Å². The third kappa shape index (κ3) is 2.85. The Morgan fingerprint density at radius 3 is 2.62 bits per heavy atom. The van der Waals surface area contributed by atoms with Crippen LogP contribution in [-0.2, 0) is 6.54 Å². The molecule has 4 heteroatoms. The lowest BCUT2D eigenvalue weighted by Gasteiger charge is -2.07. The largest absolute Gasteiger partial charge is 0.492 e. The van der Waals surface area contributed by atoms with Crippen molar-refractivity contribution in [3.8, 4) is 5.75 Å².